The van der Waals surface area contributed by atoms with E-state index in [-0.39, 0.29) is 49.3 Å². The minimum atomic E-state index is -0.775. The molecule has 124 valence electrons. The summed E-state index contributed by atoms with van der Waals surface area (Å²) in [5.74, 6) is -1.25. The SMILES string of the molecule is O=C1CCNC(=O)[C@@H](CS)NC(=O)CCNC(=O)[C@H](CS)N1. The van der Waals surface area contributed by atoms with Crippen LogP contribution in [-0.4, -0.2) is 60.3 Å². The van der Waals surface area contributed by atoms with Gasteiger partial charge in [0.15, 0.2) is 0 Å². The number of nitrogens with one attached hydrogen (secondary N) is 4. The Kier molecular flexibility index (Phi) is 8.10. The molecule has 1 saturated heterocycles. The zero-order valence-electron chi connectivity index (χ0n) is 11.9. The van der Waals surface area contributed by atoms with Gasteiger partial charge in [0.1, 0.15) is 12.1 Å². The predicted molar refractivity (Wildman–Crippen MR) is 86.8 cm³/mol. The smallest absolute Gasteiger partial charge is 0.243 e. The summed E-state index contributed by atoms with van der Waals surface area (Å²) in [5, 5.41) is 10.2. The lowest BCUT2D eigenvalue weighted by molar-refractivity contribution is -0.130. The Morgan fingerprint density at radius 3 is 1.45 bits per heavy atom. The Balaban J connectivity index is 2.73. The Bertz CT molecular complexity index is 407. The fourth-order valence-electron chi connectivity index (χ4n) is 1.77. The predicted octanol–water partition coefficient (Wildman–Crippen LogP) is -2.16. The van der Waals surface area contributed by atoms with Crippen LogP contribution in [0.5, 0.6) is 0 Å². The van der Waals surface area contributed by atoms with E-state index in [0.29, 0.717) is 0 Å². The fourth-order valence-corrected chi connectivity index (χ4v) is 2.28. The van der Waals surface area contributed by atoms with Crippen LogP contribution in [0, 0.1) is 0 Å². The zero-order chi connectivity index (χ0) is 16.5. The summed E-state index contributed by atoms with van der Waals surface area (Å²) >= 11 is 8.04. The van der Waals surface area contributed by atoms with Gasteiger partial charge in [0.25, 0.3) is 0 Å². The molecule has 2 atom stereocenters. The molecule has 0 saturated carbocycles. The molecule has 0 aromatic carbocycles. The third kappa shape index (κ3) is 6.14. The van der Waals surface area contributed by atoms with Crippen LogP contribution in [-0.2, 0) is 19.2 Å². The van der Waals surface area contributed by atoms with Crippen LogP contribution in [0.4, 0.5) is 0 Å². The average molecular weight is 348 g/mol. The lowest BCUT2D eigenvalue weighted by Gasteiger charge is -2.19. The van der Waals surface area contributed by atoms with E-state index >= 15 is 0 Å². The van der Waals surface area contributed by atoms with E-state index in [0.717, 1.165) is 0 Å². The average Bonchev–Trinajstić information content (AvgIpc) is 2.49. The molecular formula is C12H20N4O4S2. The fraction of sp³-hybridized carbons (Fsp3) is 0.667. The van der Waals surface area contributed by atoms with Crippen LogP contribution in [0.1, 0.15) is 12.8 Å². The molecule has 1 aliphatic heterocycles. The van der Waals surface area contributed by atoms with Crippen molar-refractivity contribution in [2.45, 2.75) is 24.9 Å². The molecule has 0 bridgehead atoms. The third-order valence-corrected chi connectivity index (χ3v) is 3.70. The maximum atomic E-state index is 11.9. The van der Waals surface area contributed by atoms with E-state index in [1.165, 1.54) is 0 Å². The molecule has 1 aliphatic rings. The van der Waals surface area contributed by atoms with E-state index in [4.69, 9.17) is 0 Å². The van der Waals surface area contributed by atoms with Crippen molar-refractivity contribution in [1.29, 1.82) is 0 Å². The second-order valence-corrected chi connectivity index (χ2v) is 5.42. The molecule has 1 fully saturated rings. The minimum Gasteiger partial charge on any atom is -0.354 e. The first-order valence-electron chi connectivity index (χ1n) is 6.83. The number of thiol groups is 2. The van der Waals surface area contributed by atoms with Gasteiger partial charge in [0.05, 0.1) is 0 Å². The van der Waals surface area contributed by atoms with Gasteiger partial charge >= 0.3 is 0 Å². The number of carbonyl (C=O) groups is 4. The highest BCUT2D eigenvalue weighted by atomic mass is 32.1. The highest BCUT2D eigenvalue weighted by Crippen LogP contribution is 1.95. The zero-order valence-corrected chi connectivity index (χ0v) is 13.7. The molecule has 1 rings (SSSR count). The highest BCUT2D eigenvalue weighted by Gasteiger charge is 2.22. The van der Waals surface area contributed by atoms with E-state index in [9.17, 15) is 19.2 Å². The van der Waals surface area contributed by atoms with Crippen LogP contribution in [0.2, 0.25) is 0 Å². The van der Waals surface area contributed by atoms with Crippen LogP contribution >= 0.6 is 25.3 Å². The Morgan fingerprint density at radius 1 is 0.773 bits per heavy atom. The lowest BCUT2D eigenvalue weighted by Crippen LogP contribution is -2.52. The molecule has 0 radical (unpaired) electrons. The maximum absolute atomic E-state index is 11.9. The largest absolute Gasteiger partial charge is 0.354 e. The van der Waals surface area contributed by atoms with Gasteiger partial charge in [-0.15, -0.1) is 0 Å². The minimum absolute atomic E-state index is 0.0243. The molecule has 0 unspecified atom stereocenters. The first-order valence-corrected chi connectivity index (χ1v) is 8.10. The van der Waals surface area contributed by atoms with Crippen molar-refractivity contribution in [3.8, 4) is 0 Å². The summed E-state index contributed by atoms with van der Waals surface area (Å²) in [6.07, 6.45) is 0.0487. The lowest BCUT2D eigenvalue weighted by atomic mass is 10.2. The molecule has 4 amide bonds. The molecular weight excluding hydrogens is 328 g/mol. The van der Waals surface area contributed by atoms with Crippen molar-refractivity contribution < 1.29 is 19.2 Å². The number of rotatable bonds is 2. The van der Waals surface area contributed by atoms with Gasteiger partial charge in [-0.2, -0.15) is 25.3 Å². The first kappa shape index (κ1) is 18.6. The molecule has 22 heavy (non-hydrogen) atoms. The Morgan fingerprint density at radius 2 is 1.14 bits per heavy atom. The summed E-state index contributed by atoms with van der Waals surface area (Å²) in [4.78, 5) is 47.1. The number of hydrogen-bond donors (Lipinski definition) is 6. The van der Waals surface area contributed by atoms with Crippen molar-refractivity contribution in [1.82, 2.24) is 21.3 Å². The van der Waals surface area contributed by atoms with Crippen molar-refractivity contribution in [3.05, 3.63) is 0 Å². The van der Waals surface area contributed by atoms with E-state index in [1.54, 1.807) is 0 Å². The first-order chi connectivity index (χ1) is 10.5. The van der Waals surface area contributed by atoms with Crippen molar-refractivity contribution in [2.75, 3.05) is 24.6 Å². The second kappa shape index (κ2) is 9.57. The van der Waals surface area contributed by atoms with Crippen molar-refractivity contribution in [2.24, 2.45) is 0 Å². The molecule has 10 heteroatoms. The quantitative estimate of drug-likeness (QED) is 0.319. The number of carbonyl (C=O) groups excluding carboxylic acids is 4. The second-order valence-electron chi connectivity index (χ2n) is 4.69. The summed E-state index contributed by atoms with van der Waals surface area (Å²) in [6.45, 7) is 0.206. The van der Waals surface area contributed by atoms with Crippen LogP contribution in [0.3, 0.4) is 0 Å². The molecule has 8 nitrogen and oxygen atoms in total. The monoisotopic (exact) mass is 348 g/mol. The Labute approximate surface area is 139 Å². The summed E-state index contributed by atoms with van der Waals surface area (Å²) in [5.41, 5.74) is 0. The molecule has 4 N–H and O–H groups in total. The summed E-state index contributed by atoms with van der Waals surface area (Å²) in [7, 11) is 0. The van der Waals surface area contributed by atoms with Gasteiger partial charge in [-0.05, 0) is 0 Å². The standard InChI is InChI=1S/C12H20N4O4S2/c17-9-1-3-13-11(19)8(6-22)16-10(18)2-4-14-12(20)7(5-21)15-9/h7-8,21-22H,1-6H2,(H,13,19)(H,14,20)(H,15,17)(H,16,18)/t7-,8+. The van der Waals surface area contributed by atoms with Gasteiger partial charge in [-0.25, -0.2) is 0 Å². The van der Waals surface area contributed by atoms with Crippen LogP contribution < -0.4 is 21.3 Å². The van der Waals surface area contributed by atoms with Gasteiger partial charge in [0.2, 0.25) is 23.6 Å². The molecule has 1 heterocycles. The third-order valence-electron chi connectivity index (χ3n) is 2.97. The van der Waals surface area contributed by atoms with E-state index < -0.39 is 23.9 Å². The van der Waals surface area contributed by atoms with Crippen LogP contribution in [0.15, 0.2) is 0 Å². The molecule has 0 spiro atoms. The van der Waals surface area contributed by atoms with Gasteiger partial charge in [-0.3, -0.25) is 19.2 Å². The maximum Gasteiger partial charge on any atom is 0.243 e. The molecule has 0 aliphatic carbocycles. The summed E-state index contributed by atoms with van der Waals surface area (Å²) in [6, 6.07) is -1.55. The van der Waals surface area contributed by atoms with Crippen molar-refractivity contribution in [3.63, 3.8) is 0 Å². The van der Waals surface area contributed by atoms with E-state index in [1.807, 2.05) is 0 Å². The van der Waals surface area contributed by atoms with E-state index in [2.05, 4.69) is 46.5 Å². The Hall–Kier alpha value is -1.42. The number of hydrogen-bond acceptors (Lipinski definition) is 6. The summed E-state index contributed by atoms with van der Waals surface area (Å²) < 4.78 is 0. The molecule has 0 aromatic rings. The van der Waals surface area contributed by atoms with Crippen LogP contribution in [0.25, 0.3) is 0 Å². The highest BCUT2D eigenvalue weighted by molar-refractivity contribution is 7.80. The normalized spacial score (nSPS) is 25.4. The molecule has 0 aromatic heterocycles. The number of amides is 4. The van der Waals surface area contributed by atoms with Gasteiger partial charge in [-0.1, -0.05) is 0 Å². The van der Waals surface area contributed by atoms with Gasteiger partial charge in [0, 0.05) is 37.4 Å². The van der Waals surface area contributed by atoms with Gasteiger partial charge < -0.3 is 21.3 Å². The van der Waals surface area contributed by atoms with Crippen molar-refractivity contribution >= 4 is 48.9 Å². The topological polar surface area (TPSA) is 116 Å².